The minimum absolute atomic E-state index is 0.0771. The van der Waals surface area contributed by atoms with Crippen LogP contribution in [0.3, 0.4) is 0 Å². The van der Waals surface area contributed by atoms with E-state index in [9.17, 15) is 14.4 Å². The SMILES string of the molecule is CC(C)CN(C)C.CCC(=O)N(C)C.CN(C)C(=O)N1CCOCC1.CN(C)CC(=O)N(C)C. The number of hydrogen-bond acceptors (Lipinski definition) is 6. The molecule has 4 amide bonds. The number of hydrogen-bond donors (Lipinski definition) is 0. The maximum absolute atomic E-state index is 11.3. The van der Waals surface area contributed by atoms with Crippen molar-refractivity contribution in [2.75, 3.05) is 110 Å². The molecule has 0 aromatic heterocycles. The monoisotopic (exact) mass is 490 g/mol. The summed E-state index contributed by atoms with van der Waals surface area (Å²) >= 11 is 0. The van der Waals surface area contributed by atoms with E-state index in [-0.39, 0.29) is 17.8 Å². The molecule has 1 aliphatic heterocycles. The summed E-state index contributed by atoms with van der Waals surface area (Å²) in [5.41, 5.74) is 0. The molecule has 0 unspecified atom stereocenters. The first-order valence-electron chi connectivity index (χ1n) is 11.8. The quantitative estimate of drug-likeness (QED) is 0.578. The Hall–Kier alpha value is -1.91. The van der Waals surface area contributed by atoms with Gasteiger partial charge in [-0.1, -0.05) is 20.8 Å². The topological polar surface area (TPSA) is 79.9 Å². The Bertz CT molecular complexity index is 526. The predicted octanol–water partition coefficient (Wildman–Crippen LogP) is 1.33. The summed E-state index contributed by atoms with van der Waals surface area (Å²) in [6.45, 7) is 10.8. The Kier molecular flexibility index (Phi) is 23.3. The molecule has 0 atom stereocenters. The summed E-state index contributed by atoms with van der Waals surface area (Å²) < 4.78 is 5.12. The fourth-order valence-electron chi connectivity index (χ4n) is 2.50. The van der Waals surface area contributed by atoms with Crippen molar-refractivity contribution in [3.05, 3.63) is 0 Å². The van der Waals surface area contributed by atoms with Gasteiger partial charge >= 0.3 is 6.03 Å². The van der Waals surface area contributed by atoms with E-state index in [1.807, 2.05) is 25.9 Å². The van der Waals surface area contributed by atoms with Crippen LogP contribution in [0.1, 0.15) is 27.2 Å². The van der Waals surface area contributed by atoms with Crippen LogP contribution in [0.5, 0.6) is 0 Å². The van der Waals surface area contributed by atoms with Crippen molar-refractivity contribution >= 4 is 17.8 Å². The zero-order valence-electron chi connectivity index (χ0n) is 24.3. The molecule has 10 nitrogen and oxygen atoms in total. The average molecular weight is 491 g/mol. The normalized spacial score (nSPS) is 12.5. The van der Waals surface area contributed by atoms with Crippen LogP contribution in [0.4, 0.5) is 4.79 Å². The predicted molar refractivity (Wildman–Crippen MR) is 141 cm³/mol. The summed E-state index contributed by atoms with van der Waals surface area (Å²) in [5, 5.41) is 0. The van der Waals surface area contributed by atoms with E-state index in [0.717, 1.165) is 19.0 Å². The standard InChI is InChI=1S/C7H14N2O2.C6H14N2O.C6H15N.C5H11NO/c1-8(2)7(10)9-3-5-11-6-4-9;1-7(2)5-6(9)8(3)4;1-6(2)5-7(3)4;1-4-5(7)6(2)3/h3-6H2,1-2H3;5H2,1-4H3;6H,5H2,1-4H3;4H2,1-3H3. The molecule has 1 aliphatic rings. The first kappa shape index (κ1) is 36.7. The van der Waals surface area contributed by atoms with Crippen molar-refractivity contribution in [2.24, 2.45) is 5.92 Å². The van der Waals surface area contributed by atoms with Gasteiger partial charge in [-0.25, -0.2) is 4.79 Å². The third-order valence-corrected chi connectivity index (χ3v) is 4.15. The number of urea groups is 1. The first-order chi connectivity index (χ1) is 15.6. The Morgan fingerprint density at radius 2 is 1.18 bits per heavy atom. The first-order valence-corrected chi connectivity index (χ1v) is 11.8. The third kappa shape index (κ3) is 24.7. The highest BCUT2D eigenvalue weighted by atomic mass is 16.5. The molecule has 0 radical (unpaired) electrons. The molecule has 0 N–H and O–H groups in total. The second-order valence-electron chi connectivity index (χ2n) is 9.60. The van der Waals surface area contributed by atoms with E-state index in [0.29, 0.717) is 26.2 Å². The molecule has 1 rings (SSSR count). The average Bonchev–Trinajstić information content (AvgIpc) is 2.72. The minimum atomic E-state index is 0.0771. The van der Waals surface area contributed by atoms with Gasteiger partial charge in [0.25, 0.3) is 0 Å². The smallest absolute Gasteiger partial charge is 0.319 e. The number of nitrogens with zero attached hydrogens (tertiary/aromatic N) is 6. The van der Waals surface area contributed by atoms with Crippen molar-refractivity contribution in [3.63, 3.8) is 0 Å². The van der Waals surface area contributed by atoms with Crippen LogP contribution in [0.15, 0.2) is 0 Å². The minimum Gasteiger partial charge on any atom is -0.378 e. The molecule has 204 valence electrons. The molecular weight excluding hydrogens is 436 g/mol. The van der Waals surface area contributed by atoms with Gasteiger partial charge in [-0.05, 0) is 40.7 Å². The summed E-state index contributed by atoms with van der Waals surface area (Å²) in [7, 11) is 18.5. The fourth-order valence-corrected chi connectivity index (χ4v) is 2.50. The van der Waals surface area contributed by atoms with Gasteiger partial charge in [-0.3, -0.25) is 9.59 Å². The molecule has 0 aromatic rings. The summed E-state index contributed by atoms with van der Waals surface area (Å²) in [5.74, 6) is 1.12. The number of likely N-dealkylation sites (N-methyl/N-ethyl adjacent to an activating group) is 2. The zero-order valence-corrected chi connectivity index (χ0v) is 24.3. The molecule has 0 bridgehead atoms. The van der Waals surface area contributed by atoms with E-state index in [1.165, 1.54) is 6.54 Å². The van der Waals surface area contributed by atoms with Gasteiger partial charge in [0.05, 0.1) is 19.8 Å². The van der Waals surface area contributed by atoms with Crippen LogP contribution in [0, 0.1) is 5.92 Å². The maximum atomic E-state index is 11.3. The molecule has 0 aromatic carbocycles. The van der Waals surface area contributed by atoms with Crippen molar-refractivity contribution in [1.29, 1.82) is 0 Å². The van der Waals surface area contributed by atoms with Crippen LogP contribution < -0.4 is 0 Å². The van der Waals surface area contributed by atoms with Crippen molar-refractivity contribution < 1.29 is 19.1 Å². The van der Waals surface area contributed by atoms with E-state index in [2.05, 4.69) is 32.8 Å². The van der Waals surface area contributed by atoms with E-state index >= 15 is 0 Å². The number of amides is 4. The van der Waals surface area contributed by atoms with E-state index in [1.54, 1.807) is 61.9 Å². The van der Waals surface area contributed by atoms with Gasteiger partial charge in [0, 0.05) is 61.8 Å². The lowest BCUT2D eigenvalue weighted by Crippen LogP contribution is -2.45. The number of morpholine rings is 1. The van der Waals surface area contributed by atoms with Gasteiger partial charge in [-0.2, -0.15) is 0 Å². The second-order valence-corrected chi connectivity index (χ2v) is 9.60. The fraction of sp³-hybridized carbons (Fsp3) is 0.875. The highest BCUT2D eigenvalue weighted by molar-refractivity contribution is 5.77. The molecule has 1 fully saturated rings. The summed E-state index contributed by atoms with van der Waals surface area (Å²) in [4.78, 5) is 43.2. The molecule has 10 heteroatoms. The zero-order chi connectivity index (χ0) is 27.4. The largest absolute Gasteiger partial charge is 0.378 e. The van der Waals surface area contributed by atoms with Gasteiger partial charge < -0.3 is 34.1 Å². The van der Waals surface area contributed by atoms with Gasteiger partial charge in [0.2, 0.25) is 11.8 Å². The third-order valence-electron chi connectivity index (χ3n) is 4.15. The van der Waals surface area contributed by atoms with Crippen molar-refractivity contribution in [2.45, 2.75) is 27.2 Å². The van der Waals surface area contributed by atoms with Crippen LogP contribution >= 0.6 is 0 Å². The van der Waals surface area contributed by atoms with Crippen LogP contribution in [-0.4, -0.2) is 157 Å². The second kappa shape index (κ2) is 21.6. The lowest BCUT2D eigenvalue weighted by Gasteiger charge is -2.29. The van der Waals surface area contributed by atoms with Crippen LogP contribution in [-0.2, 0) is 14.3 Å². The number of rotatable bonds is 5. The van der Waals surface area contributed by atoms with Gasteiger partial charge in [0.1, 0.15) is 0 Å². The molecule has 1 heterocycles. The van der Waals surface area contributed by atoms with Crippen molar-refractivity contribution in [3.8, 4) is 0 Å². The Labute approximate surface area is 209 Å². The number of carbonyl (C=O) groups excluding carboxylic acids is 3. The summed E-state index contributed by atoms with van der Waals surface area (Å²) in [6.07, 6.45) is 0.604. The van der Waals surface area contributed by atoms with Gasteiger partial charge in [0.15, 0.2) is 0 Å². The Balaban J connectivity index is -0.000000385. The van der Waals surface area contributed by atoms with E-state index < -0.39 is 0 Å². The molecule has 0 aliphatic carbocycles. The molecule has 0 saturated carbocycles. The highest BCUT2D eigenvalue weighted by Crippen LogP contribution is 1.99. The van der Waals surface area contributed by atoms with Crippen LogP contribution in [0.2, 0.25) is 0 Å². The lowest BCUT2D eigenvalue weighted by atomic mass is 10.2. The summed E-state index contributed by atoms with van der Waals surface area (Å²) in [6, 6.07) is 0.0771. The molecule has 34 heavy (non-hydrogen) atoms. The van der Waals surface area contributed by atoms with Crippen molar-refractivity contribution in [1.82, 2.24) is 29.4 Å². The van der Waals surface area contributed by atoms with Crippen LogP contribution in [0.25, 0.3) is 0 Å². The van der Waals surface area contributed by atoms with Gasteiger partial charge in [-0.15, -0.1) is 0 Å². The molecule has 0 spiro atoms. The molecular formula is C24H54N6O4. The lowest BCUT2D eigenvalue weighted by molar-refractivity contribution is -0.129. The van der Waals surface area contributed by atoms with E-state index in [4.69, 9.17) is 4.74 Å². The Morgan fingerprint density at radius 1 is 0.735 bits per heavy atom. The number of ether oxygens (including phenoxy) is 1. The highest BCUT2D eigenvalue weighted by Gasteiger charge is 2.17. The Morgan fingerprint density at radius 3 is 1.35 bits per heavy atom. The molecule has 1 saturated heterocycles. The number of carbonyl (C=O) groups is 3. The maximum Gasteiger partial charge on any atom is 0.319 e.